The zero-order valence-corrected chi connectivity index (χ0v) is 8.94. The molecule has 1 amide bonds. The van der Waals surface area contributed by atoms with Gasteiger partial charge in [0.2, 0.25) is 0 Å². The van der Waals surface area contributed by atoms with Crippen molar-refractivity contribution >= 4 is 18.5 Å². The van der Waals surface area contributed by atoms with Crippen LogP contribution in [-0.2, 0) is 4.74 Å². The normalized spacial score (nSPS) is 19.1. The summed E-state index contributed by atoms with van der Waals surface area (Å²) >= 11 is 0. The molecule has 1 aromatic rings. The molecule has 1 saturated heterocycles. The molecule has 0 aliphatic carbocycles. The highest BCUT2D eigenvalue weighted by atomic mass is 35.5. The number of hydrogen-bond donors (Lipinski definition) is 1. The van der Waals surface area contributed by atoms with Gasteiger partial charge >= 0.3 is 6.09 Å². The predicted molar refractivity (Wildman–Crippen MR) is 55.6 cm³/mol. The number of halogens is 2. The summed E-state index contributed by atoms with van der Waals surface area (Å²) in [4.78, 5) is 10.8. The van der Waals surface area contributed by atoms with Gasteiger partial charge in [0.1, 0.15) is 12.4 Å². The average molecular weight is 232 g/mol. The van der Waals surface area contributed by atoms with E-state index in [4.69, 9.17) is 4.74 Å². The Kier molecular flexibility index (Phi) is 3.52. The fourth-order valence-corrected chi connectivity index (χ4v) is 1.48. The molecular weight excluding hydrogens is 221 g/mol. The fourth-order valence-electron chi connectivity index (χ4n) is 1.48. The zero-order chi connectivity index (χ0) is 10.1. The van der Waals surface area contributed by atoms with E-state index in [0.29, 0.717) is 5.56 Å². The number of benzene rings is 1. The van der Waals surface area contributed by atoms with Crippen LogP contribution in [0.2, 0.25) is 0 Å². The lowest BCUT2D eigenvalue weighted by Gasteiger charge is -2.09. The number of amides is 1. The molecule has 0 spiro atoms. The van der Waals surface area contributed by atoms with E-state index >= 15 is 0 Å². The molecule has 15 heavy (non-hydrogen) atoms. The highest BCUT2D eigenvalue weighted by Crippen LogP contribution is 2.21. The maximum Gasteiger partial charge on any atom is 0.407 e. The lowest BCUT2D eigenvalue weighted by atomic mass is 10.0. The highest BCUT2D eigenvalue weighted by molar-refractivity contribution is 5.85. The topological polar surface area (TPSA) is 38.3 Å². The second-order valence-electron chi connectivity index (χ2n) is 3.32. The number of hydrogen-bond acceptors (Lipinski definition) is 2. The van der Waals surface area contributed by atoms with Gasteiger partial charge in [0, 0.05) is 5.56 Å². The van der Waals surface area contributed by atoms with Gasteiger partial charge in [-0.1, -0.05) is 17.7 Å². The summed E-state index contributed by atoms with van der Waals surface area (Å²) in [7, 11) is 0. The first kappa shape index (κ1) is 11.8. The van der Waals surface area contributed by atoms with Crippen LogP contribution in [0, 0.1) is 12.7 Å². The quantitative estimate of drug-likeness (QED) is 0.806. The highest BCUT2D eigenvalue weighted by Gasteiger charge is 2.25. The van der Waals surface area contributed by atoms with Crippen molar-refractivity contribution in [1.29, 1.82) is 0 Å². The van der Waals surface area contributed by atoms with Crippen LogP contribution in [0.25, 0.3) is 0 Å². The average Bonchev–Trinajstić information content (AvgIpc) is 2.56. The van der Waals surface area contributed by atoms with Gasteiger partial charge in [0.15, 0.2) is 0 Å². The van der Waals surface area contributed by atoms with Gasteiger partial charge in [-0.15, -0.1) is 12.4 Å². The molecule has 1 aliphatic rings. The first-order valence-electron chi connectivity index (χ1n) is 4.36. The molecule has 82 valence electrons. The molecule has 1 fully saturated rings. The van der Waals surface area contributed by atoms with Crippen LogP contribution in [-0.4, -0.2) is 12.7 Å². The van der Waals surface area contributed by atoms with E-state index < -0.39 is 6.09 Å². The number of rotatable bonds is 1. The third-order valence-corrected chi connectivity index (χ3v) is 2.20. The molecule has 1 atom stereocenters. The summed E-state index contributed by atoms with van der Waals surface area (Å²) in [6.45, 7) is 2.07. The number of cyclic esters (lactones) is 1. The summed E-state index contributed by atoms with van der Waals surface area (Å²) in [5, 5.41) is 2.54. The summed E-state index contributed by atoms with van der Waals surface area (Å²) in [5.74, 6) is -0.314. The van der Waals surface area contributed by atoms with Crippen molar-refractivity contribution in [2.24, 2.45) is 0 Å². The predicted octanol–water partition coefficient (Wildman–Crippen LogP) is 2.34. The van der Waals surface area contributed by atoms with Crippen molar-refractivity contribution in [2.75, 3.05) is 6.61 Å². The molecule has 5 heteroatoms. The molecule has 0 unspecified atom stereocenters. The van der Waals surface area contributed by atoms with Crippen molar-refractivity contribution in [3.8, 4) is 0 Å². The second-order valence-corrected chi connectivity index (χ2v) is 3.32. The van der Waals surface area contributed by atoms with Gasteiger partial charge in [0.05, 0.1) is 6.04 Å². The maximum atomic E-state index is 13.3. The summed E-state index contributed by atoms with van der Waals surface area (Å²) in [6.07, 6.45) is -0.490. The molecular formula is C10H11ClFNO2. The molecule has 1 aliphatic heterocycles. The molecule has 0 saturated carbocycles. The Morgan fingerprint density at radius 2 is 2.27 bits per heavy atom. The van der Waals surface area contributed by atoms with Crippen LogP contribution in [0.4, 0.5) is 9.18 Å². The summed E-state index contributed by atoms with van der Waals surface area (Å²) < 4.78 is 18.0. The SMILES string of the molecule is Cc1ccc(F)c([C@@H]2COC(=O)N2)c1.Cl. The largest absolute Gasteiger partial charge is 0.447 e. The smallest absolute Gasteiger partial charge is 0.407 e. The van der Waals surface area contributed by atoms with Gasteiger partial charge in [-0.2, -0.15) is 0 Å². The second kappa shape index (κ2) is 4.49. The minimum Gasteiger partial charge on any atom is -0.447 e. The van der Waals surface area contributed by atoms with Crippen molar-refractivity contribution in [3.63, 3.8) is 0 Å². The van der Waals surface area contributed by atoms with Crippen LogP contribution in [0.3, 0.4) is 0 Å². The molecule has 1 N–H and O–H groups in total. The summed E-state index contributed by atoms with van der Waals surface area (Å²) in [5.41, 5.74) is 1.44. The van der Waals surface area contributed by atoms with Gasteiger partial charge < -0.3 is 10.1 Å². The molecule has 1 heterocycles. The van der Waals surface area contributed by atoms with E-state index in [0.717, 1.165) is 5.56 Å². The van der Waals surface area contributed by atoms with Gasteiger partial charge in [-0.25, -0.2) is 9.18 Å². The van der Waals surface area contributed by atoms with Crippen LogP contribution in [0.5, 0.6) is 0 Å². The number of aryl methyl sites for hydroxylation is 1. The lowest BCUT2D eigenvalue weighted by Crippen LogP contribution is -2.19. The number of alkyl carbamates (subject to hydrolysis) is 1. The van der Waals surface area contributed by atoms with Crippen molar-refractivity contribution in [1.82, 2.24) is 5.32 Å². The van der Waals surface area contributed by atoms with E-state index in [2.05, 4.69) is 5.32 Å². The third kappa shape index (κ3) is 2.39. The zero-order valence-electron chi connectivity index (χ0n) is 8.12. The molecule has 3 nitrogen and oxygen atoms in total. The van der Waals surface area contributed by atoms with Crippen molar-refractivity contribution in [3.05, 3.63) is 35.1 Å². The third-order valence-electron chi connectivity index (χ3n) is 2.20. The Balaban J connectivity index is 0.00000112. The Hall–Kier alpha value is -1.29. The Bertz CT molecular complexity index is 384. The van der Waals surface area contributed by atoms with E-state index in [-0.39, 0.29) is 30.9 Å². The molecule has 1 aromatic carbocycles. The number of nitrogens with one attached hydrogen (secondary N) is 1. The van der Waals surface area contributed by atoms with Crippen LogP contribution >= 0.6 is 12.4 Å². The monoisotopic (exact) mass is 231 g/mol. The minimum absolute atomic E-state index is 0. The van der Waals surface area contributed by atoms with Gasteiger partial charge in [-0.3, -0.25) is 0 Å². The molecule has 2 rings (SSSR count). The van der Waals surface area contributed by atoms with Crippen LogP contribution in [0.15, 0.2) is 18.2 Å². The number of ether oxygens (including phenoxy) is 1. The van der Waals surface area contributed by atoms with E-state index in [1.807, 2.05) is 6.92 Å². The minimum atomic E-state index is -0.490. The first-order valence-corrected chi connectivity index (χ1v) is 4.36. The Morgan fingerprint density at radius 3 is 2.87 bits per heavy atom. The van der Waals surface area contributed by atoms with Crippen LogP contribution < -0.4 is 5.32 Å². The maximum absolute atomic E-state index is 13.3. The van der Waals surface area contributed by atoms with Gasteiger partial charge in [-0.05, 0) is 13.0 Å². The standard InChI is InChI=1S/C10H10FNO2.ClH/c1-6-2-3-8(11)7(4-6)9-5-14-10(13)12-9;/h2-4,9H,5H2,1H3,(H,12,13);1H/t9-;/m0./s1. The van der Waals surface area contributed by atoms with Crippen molar-refractivity contribution in [2.45, 2.75) is 13.0 Å². The molecule has 0 aromatic heterocycles. The first-order chi connectivity index (χ1) is 6.66. The molecule has 0 radical (unpaired) electrons. The Morgan fingerprint density at radius 1 is 1.53 bits per heavy atom. The Labute approximate surface area is 93.0 Å². The fraction of sp³-hybridized carbons (Fsp3) is 0.300. The number of carbonyl (C=O) groups is 1. The number of carbonyl (C=O) groups excluding carboxylic acids is 1. The summed E-state index contributed by atoms with van der Waals surface area (Å²) in [6, 6.07) is 4.45. The lowest BCUT2D eigenvalue weighted by molar-refractivity contribution is 0.177. The molecule has 0 bridgehead atoms. The van der Waals surface area contributed by atoms with Crippen molar-refractivity contribution < 1.29 is 13.9 Å². The van der Waals surface area contributed by atoms with E-state index in [1.165, 1.54) is 6.07 Å². The van der Waals surface area contributed by atoms with E-state index in [1.54, 1.807) is 12.1 Å². The van der Waals surface area contributed by atoms with Gasteiger partial charge in [0.25, 0.3) is 0 Å². The van der Waals surface area contributed by atoms with E-state index in [9.17, 15) is 9.18 Å². The van der Waals surface area contributed by atoms with Crippen LogP contribution in [0.1, 0.15) is 17.2 Å².